The van der Waals surface area contributed by atoms with Gasteiger partial charge in [0.25, 0.3) is 0 Å². The van der Waals surface area contributed by atoms with Gasteiger partial charge in [-0.15, -0.1) is 23.4 Å². The lowest BCUT2D eigenvalue weighted by Gasteiger charge is -2.23. The van der Waals surface area contributed by atoms with Gasteiger partial charge in [0.2, 0.25) is 0 Å². The van der Waals surface area contributed by atoms with E-state index in [2.05, 4.69) is 16.0 Å². The van der Waals surface area contributed by atoms with Gasteiger partial charge in [0.15, 0.2) is 6.10 Å². The van der Waals surface area contributed by atoms with Crippen molar-refractivity contribution in [1.29, 1.82) is 0 Å². The molecular weight excluding hydrogens is 256 g/mol. The van der Waals surface area contributed by atoms with Crippen molar-refractivity contribution in [2.45, 2.75) is 16.9 Å². The number of ether oxygens (including phenoxy) is 1. The first-order valence-electron chi connectivity index (χ1n) is 5.35. The molecule has 17 heavy (non-hydrogen) atoms. The van der Waals surface area contributed by atoms with Gasteiger partial charge in [-0.25, -0.2) is 4.98 Å². The van der Waals surface area contributed by atoms with Crippen LogP contribution in [-0.2, 0) is 5.88 Å². The Bertz CT molecular complexity index is 529. The fourth-order valence-corrected chi connectivity index (χ4v) is 2.89. The predicted molar refractivity (Wildman–Crippen MR) is 68.7 cm³/mol. The third kappa shape index (κ3) is 2.15. The number of hydrogen-bond donors (Lipinski definition) is 1. The fraction of sp³-hybridized carbons (Fsp3) is 0.250. The van der Waals surface area contributed by atoms with E-state index in [0.29, 0.717) is 5.88 Å². The monoisotopic (exact) mass is 266 g/mol. The summed E-state index contributed by atoms with van der Waals surface area (Å²) in [5.74, 6) is 3.09. The van der Waals surface area contributed by atoms with E-state index in [4.69, 9.17) is 16.3 Å². The summed E-state index contributed by atoms with van der Waals surface area (Å²) in [4.78, 5) is 8.68. The summed E-state index contributed by atoms with van der Waals surface area (Å²) in [5.41, 5.74) is 0.925. The van der Waals surface area contributed by atoms with Crippen molar-refractivity contribution in [2.75, 3.05) is 5.75 Å². The summed E-state index contributed by atoms with van der Waals surface area (Å²) < 4.78 is 5.92. The molecule has 2 heterocycles. The molecule has 1 aliphatic heterocycles. The lowest BCUT2D eigenvalue weighted by atomic mass is 10.3. The third-order valence-electron chi connectivity index (χ3n) is 2.61. The van der Waals surface area contributed by atoms with Crippen molar-refractivity contribution in [3.63, 3.8) is 0 Å². The molecule has 0 bridgehead atoms. The summed E-state index contributed by atoms with van der Waals surface area (Å²) >= 11 is 7.53. The largest absolute Gasteiger partial charge is 0.480 e. The predicted octanol–water partition coefficient (Wildman–Crippen LogP) is 3.37. The maximum Gasteiger partial charge on any atom is 0.165 e. The van der Waals surface area contributed by atoms with Gasteiger partial charge >= 0.3 is 0 Å². The van der Waals surface area contributed by atoms with Gasteiger partial charge in [-0.2, -0.15) is 0 Å². The molecule has 0 spiro atoms. The Balaban J connectivity index is 1.84. The quantitative estimate of drug-likeness (QED) is 0.847. The van der Waals surface area contributed by atoms with Gasteiger partial charge in [0, 0.05) is 22.5 Å². The molecule has 1 atom stereocenters. The van der Waals surface area contributed by atoms with Crippen molar-refractivity contribution in [3.05, 3.63) is 42.0 Å². The molecule has 3 rings (SSSR count). The first-order chi connectivity index (χ1) is 8.36. The minimum absolute atomic E-state index is 0.0214. The van der Waals surface area contributed by atoms with Crippen molar-refractivity contribution < 1.29 is 4.74 Å². The van der Waals surface area contributed by atoms with Crippen LogP contribution in [-0.4, -0.2) is 15.7 Å². The van der Waals surface area contributed by atoms with E-state index in [-0.39, 0.29) is 6.10 Å². The molecule has 5 heteroatoms. The summed E-state index contributed by atoms with van der Waals surface area (Å²) in [6, 6.07) is 8.06. The highest BCUT2D eigenvalue weighted by Crippen LogP contribution is 2.39. The highest BCUT2D eigenvalue weighted by atomic mass is 35.5. The van der Waals surface area contributed by atoms with Crippen LogP contribution in [0.3, 0.4) is 0 Å². The average Bonchev–Trinajstić information content (AvgIpc) is 2.87. The Labute approximate surface area is 109 Å². The zero-order valence-electron chi connectivity index (χ0n) is 9.02. The third-order valence-corrected chi connectivity index (χ3v) is 4.01. The molecular formula is C12H11ClN2OS. The Morgan fingerprint density at radius 3 is 3.18 bits per heavy atom. The molecule has 0 aliphatic carbocycles. The van der Waals surface area contributed by atoms with E-state index in [1.165, 1.54) is 4.90 Å². The highest BCUT2D eigenvalue weighted by molar-refractivity contribution is 7.99. The standard InChI is InChI=1S/C12H11ClN2OS/c13-5-8-6-14-12(15-8)10-7-17-11-4-2-1-3-9(11)16-10/h1-4,6,10H,5,7H2,(H,14,15). The number of nitrogens with one attached hydrogen (secondary N) is 1. The van der Waals surface area contributed by atoms with Crippen LogP contribution in [0.2, 0.25) is 0 Å². The molecule has 1 aliphatic rings. The Morgan fingerprint density at radius 2 is 2.35 bits per heavy atom. The van der Waals surface area contributed by atoms with E-state index in [0.717, 1.165) is 23.0 Å². The van der Waals surface area contributed by atoms with Crippen LogP contribution >= 0.6 is 23.4 Å². The lowest BCUT2D eigenvalue weighted by molar-refractivity contribution is 0.211. The normalized spacial score (nSPS) is 18.5. The average molecular weight is 267 g/mol. The summed E-state index contributed by atoms with van der Waals surface area (Å²) in [5, 5.41) is 0. The highest BCUT2D eigenvalue weighted by Gasteiger charge is 2.23. The summed E-state index contributed by atoms with van der Waals surface area (Å²) in [7, 11) is 0. The number of rotatable bonds is 2. The molecule has 0 saturated carbocycles. The minimum Gasteiger partial charge on any atom is -0.480 e. The van der Waals surface area contributed by atoms with E-state index >= 15 is 0 Å². The fourth-order valence-electron chi connectivity index (χ4n) is 1.76. The molecule has 1 N–H and O–H groups in total. The molecule has 0 saturated heterocycles. The van der Waals surface area contributed by atoms with Crippen molar-refractivity contribution in [2.24, 2.45) is 0 Å². The molecule has 88 valence electrons. The second-order valence-corrected chi connectivity index (χ2v) is 5.12. The molecule has 1 aromatic carbocycles. The van der Waals surface area contributed by atoms with Gasteiger partial charge in [-0.3, -0.25) is 0 Å². The Hall–Kier alpha value is -1.13. The van der Waals surface area contributed by atoms with E-state index in [1.807, 2.05) is 18.2 Å². The van der Waals surface area contributed by atoms with Gasteiger partial charge in [0.1, 0.15) is 11.6 Å². The maximum atomic E-state index is 5.92. The molecule has 0 radical (unpaired) electrons. The van der Waals surface area contributed by atoms with Gasteiger partial charge < -0.3 is 9.72 Å². The first-order valence-corrected chi connectivity index (χ1v) is 6.87. The SMILES string of the molecule is ClCc1cnc(C2CSc3ccccc3O2)[nH]1. The van der Waals surface area contributed by atoms with Crippen molar-refractivity contribution in [1.82, 2.24) is 9.97 Å². The number of hydrogen-bond acceptors (Lipinski definition) is 3. The van der Waals surface area contributed by atoms with Crippen LogP contribution in [0.25, 0.3) is 0 Å². The number of halogens is 1. The van der Waals surface area contributed by atoms with Crippen LogP contribution in [0.5, 0.6) is 5.75 Å². The number of benzene rings is 1. The summed E-state index contributed by atoms with van der Waals surface area (Å²) in [6.07, 6.45) is 1.74. The van der Waals surface area contributed by atoms with Gasteiger partial charge in [0.05, 0.1) is 5.88 Å². The van der Waals surface area contributed by atoms with Gasteiger partial charge in [-0.1, -0.05) is 12.1 Å². The zero-order chi connectivity index (χ0) is 11.7. The number of fused-ring (bicyclic) bond motifs is 1. The smallest absolute Gasteiger partial charge is 0.165 e. The van der Waals surface area contributed by atoms with Crippen LogP contribution < -0.4 is 4.74 Å². The molecule has 1 aromatic heterocycles. The number of imidazole rings is 1. The molecule has 3 nitrogen and oxygen atoms in total. The van der Waals surface area contributed by atoms with Gasteiger partial charge in [-0.05, 0) is 12.1 Å². The number of nitrogens with zero attached hydrogens (tertiary/aromatic N) is 1. The topological polar surface area (TPSA) is 37.9 Å². The van der Waals surface area contributed by atoms with Crippen LogP contribution in [0, 0.1) is 0 Å². The Morgan fingerprint density at radius 1 is 1.47 bits per heavy atom. The Kier molecular flexibility index (Phi) is 2.99. The first kappa shape index (κ1) is 11.0. The van der Waals surface area contributed by atoms with E-state index < -0.39 is 0 Å². The van der Waals surface area contributed by atoms with Crippen molar-refractivity contribution in [3.8, 4) is 5.75 Å². The van der Waals surface area contributed by atoms with Crippen LogP contribution in [0.15, 0.2) is 35.4 Å². The number of aromatic amines is 1. The van der Waals surface area contributed by atoms with E-state index in [9.17, 15) is 0 Å². The number of para-hydroxylation sites is 1. The number of thioether (sulfide) groups is 1. The second-order valence-electron chi connectivity index (χ2n) is 3.79. The number of aromatic nitrogens is 2. The maximum absolute atomic E-state index is 5.92. The number of alkyl halides is 1. The number of H-pyrrole nitrogens is 1. The van der Waals surface area contributed by atoms with Crippen molar-refractivity contribution >= 4 is 23.4 Å². The molecule has 2 aromatic rings. The summed E-state index contributed by atoms with van der Waals surface area (Å²) in [6.45, 7) is 0. The van der Waals surface area contributed by atoms with Crippen LogP contribution in [0.4, 0.5) is 0 Å². The van der Waals surface area contributed by atoms with Crippen LogP contribution in [0.1, 0.15) is 17.6 Å². The lowest BCUT2D eigenvalue weighted by Crippen LogP contribution is -2.16. The molecule has 0 fully saturated rings. The molecule has 1 unspecified atom stereocenters. The zero-order valence-corrected chi connectivity index (χ0v) is 10.6. The minimum atomic E-state index is -0.0214. The molecule has 0 amide bonds. The van der Waals surface area contributed by atoms with E-state index in [1.54, 1.807) is 18.0 Å². The second kappa shape index (κ2) is 4.63.